The molecule has 0 bridgehead atoms. The van der Waals surface area contributed by atoms with Gasteiger partial charge in [-0.15, -0.1) is 0 Å². The lowest BCUT2D eigenvalue weighted by Crippen LogP contribution is -2.54. The molecule has 0 spiro atoms. The molecule has 1 fully saturated rings. The molecule has 8 heteroatoms. The van der Waals surface area contributed by atoms with Crippen LogP contribution in [0.15, 0.2) is 12.3 Å². The minimum absolute atomic E-state index is 0.0476. The van der Waals surface area contributed by atoms with Gasteiger partial charge in [-0.2, -0.15) is 13.2 Å². The summed E-state index contributed by atoms with van der Waals surface area (Å²) in [6.07, 6.45) is -1.24. The van der Waals surface area contributed by atoms with Gasteiger partial charge in [-0.3, -0.25) is 4.79 Å². The van der Waals surface area contributed by atoms with Gasteiger partial charge in [-0.05, 0) is 46.1 Å². The smallest absolute Gasteiger partial charge is 0.350 e. The van der Waals surface area contributed by atoms with Crippen molar-refractivity contribution in [3.8, 4) is 0 Å². The molecule has 1 saturated heterocycles. The Balaban J connectivity index is 2.26. The first-order chi connectivity index (χ1) is 10.6. The van der Waals surface area contributed by atoms with Crippen molar-refractivity contribution in [1.29, 1.82) is 0 Å². The summed E-state index contributed by atoms with van der Waals surface area (Å²) in [5.74, 6) is -0.258. The van der Waals surface area contributed by atoms with Gasteiger partial charge in [0.25, 0.3) is 0 Å². The molecule has 1 aliphatic heterocycles. The number of halogens is 3. The minimum Gasteiger partial charge on any atom is -0.350 e. The van der Waals surface area contributed by atoms with Crippen LogP contribution in [0.1, 0.15) is 45.7 Å². The predicted molar refractivity (Wildman–Crippen MR) is 79.9 cm³/mol. The first kappa shape index (κ1) is 17.5. The van der Waals surface area contributed by atoms with Crippen LogP contribution in [-0.4, -0.2) is 34.0 Å². The van der Waals surface area contributed by atoms with Crippen LogP contribution in [0.5, 0.6) is 0 Å². The van der Waals surface area contributed by atoms with Crippen LogP contribution in [0, 0.1) is 0 Å². The van der Waals surface area contributed by atoms with E-state index in [4.69, 9.17) is 0 Å². The van der Waals surface area contributed by atoms with Gasteiger partial charge in [0.1, 0.15) is 11.7 Å². The summed E-state index contributed by atoms with van der Waals surface area (Å²) >= 11 is 0. The lowest BCUT2D eigenvalue weighted by molar-refractivity contribution is -0.141. The third-order valence-electron chi connectivity index (χ3n) is 3.49. The van der Waals surface area contributed by atoms with Crippen molar-refractivity contribution in [3.63, 3.8) is 0 Å². The van der Waals surface area contributed by atoms with Crippen LogP contribution in [0.2, 0.25) is 0 Å². The van der Waals surface area contributed by atoms with E-state index in [-0.39, 0.29) is 11.9 Å². The third kappa shape index (κ3) is 4.56. The largest absolute Gasteiger partial charge is 0.433 e. The zero-order valence-electron chi connectivity index (χ0n) is 13.4. The molecule has 1 unspecified atom stereocenters. The molecule has 0 aliphatic carbocycles. The van der Waals surface area contributed by atoms with Crippen LogP contribution in [0.3, 0.4) is 0 Å². The number of alkyl halides is 3. The quantitative estimate of drug-likeness (QED) is 0.906. The van der Waals surface area contributed by atoms with E-state index in [1.165, 1.54) is 0 Å². The fourth-order valence-electron chi connectivity index (χ4n) is 2.54. The highest BCUT2D eigenvalue weighted by molar-refractivity contribution is 5.85. The fraction of sp³-hybridized carbons (Fsp3) is 0.667. The Labute approximate surface area is 133 Å². The summed E-state index contributed by atoms with van der Waals surface area (Å²) in [5, 5.41) is 2.88. The van der Waals surface area contributed by atoms with Crippen LogP contribution in [-0.2, 0) is 11.0 Å². The van der Waals surface area contributed by atoms with Crippen LogP contribution in [0.4, 0.5) is 19.1 Å². The number of piperidine rings is 1. The standard InChI is InChI=1S/C15H21F3N4O/c1-14(2,3)21-12(23)10-6-4-5-9-22(10)13-19-8-7-11(20-13)15(16,17)18/h7-8,10H,4-6,9H2,1-3H3,(H,21,23). The first-order valence-electron chi connectivity index (χ1n) is 7.57. The van der Waals surface area contributed by atoms with E-state index in [9.17, 15) is 18.0 Å². The van der Waals surface area contributed by atoms with Crippen molar-refractivity contribution in [2.24, 2.45) is 0 Å². The predicted octanol–water partition coefficient (Wildman–Crippen LogP) is 2.77. The van der Waals surface area contributed by atoms with Gasteiger partial charge in [0.15, 0.2) is 0 Å². The number of amides is 1. The molecule has 2 heterocycles. The Morgan fingerprint density at radius 1 is 1.30 bits per heavy atom. The molecular formula is C15H21F3N4O. The monoisotopic (exact) mass is 330 g/mol. The Kier molecular flexibility index (Phi) is 4.81. The highest BCUT2D eigenvalue weighted by Crippen LogP contribution is 2.29. The van der Waals surface area contributed by atoms with E-state index in [2.05, 4.69) is 15.3 Å². The van der Waals surface area contributed by atoms with E-state index >= 15 is 0 Å². The summed E-state index contributed by atoms with van der Waals surface area (Å²) in [6, 6.07) is 0.281. The molecule has 23 heavy (non-hydrogen) atoms. The Morgan fingerprint density at radius 2 is 2.00 bits per heavy atom. The highest BCUT2D eigenvalue weighted by atomic mass is 19.4. The van der Waals surface area contributed by atoms with E-state index in [0.29, 0.717) is 13.0 Å². The van der Waals surface area contributed by atoms with Gasteiger partial charge >= 0.3 is 6.18 Å². The van der Waals surface area contributed by atoms with Crippen molar-refractivity contribution >= 4 is 11.9 Å². The topological polar surface area (TPSA) is 58.1 Å². The second-order valence-electron chi connectivity index (χ2n) is 6.68. The second kappa shape index (κ2) is 6.33. The van der Waals surface area contributed by atoms with Crippen molar-refractivity contribution in [2.75, 3.05) is 11.4 Å². The van der Waals surface area contributed by atoms with Crippen molar-refractivity contribution < 1.29 is 18.0 Å². The highest BCUT2D eigenvalue weighted by Gasteiger charge is 2.36. The van der Waals surface area contributed by atoms with Crippen molar-refractivity contribution in [2.45, 2.75) is 57.8 Å². The SMILES string of the molecule is CC(C)(C)NC(=O)C1CCCCN1c1nccc(C(F)(F)F)n1. The fourth-order valence-corrected chi connectivity index (χ4v) is 2.54. The first-order valence-corrected chi connectivity index (χ1v) is 7.57. The number of anilines is 1. The molecule has 0 radical (unpaired) electrons. The van der Waals surface area contributed by atoms with Gasteiger partial charge in [0.05, 0.1) is 0 Å². The molecule has 1 aromatic rings. The summed E-state index contributed by atoms with van der Waals surface area (Å²) in [7, 11) is 0. The maximum absolute atomic E-state index is 12.8. The number of nitrogens with one attached hydrogen (secondary N) is 1. The molecule has 5 nitrogen and oxygen atoms in total. The molecule has 0 saturated carbocycles. The number of hydrogen-bond donors (Lipinski definition) is 1. The number of carbonyl (C=O) groups is 1. The average molecular weight is 330 g/mol. The lowest BCUT2D eigenvalue weighted by atomic mass is 10.00. The third-order valence-corrected chi connectivity index (χ3v) is 3.49. The van der Waals surface area contributed by atoms with Crippen molar-refractivity contribution in [3.05, 3.63) is 18.0 Å². The molecule has 1 aromatic heterocycles. The molecule has 1 aliphatic rings. The molecule has 128 valence electrons. The number of nitrogens with zero attached hydrogens (tertiary/aromatic N) is 3. The summed E-state index contributed by atoms with van der Waals surface area (Å²) in [6.45, 7) is 6.04. The maximum Gasteiger partial charge on any atom is 0.433 e. The minimum atomic E-state index is -4.53. The number of aromatic nitrogens is 2. The zero-order chi connectivity index (χ0) is 17.3. The molecule has 1 atom stereocenters. The normalized spacial score (nSPS) is 19.6. The van der Waals surface area contributed by atoms with Gasteiger partial charge in [0.2, 0.25) is 11.9 Å². The molecule has 1 N–H and O–H groups in total. The Bertz CT molecular complexity index is 569. The molecule has 2 rings (SSSR count). The van der Waals surface area contributed by atoms with Crippen molar-refractivity contribution in [1.82, 2.24) is 15.3 Å². The number of hydrogen-bond acceptors (Lipinski definition) is 4. The van der Waals surface area contributed by atoms with E-state index < -0.39 is 23.5 Å². The average Bonchev–Trinajstić information content (AvgIpc) is 2.45. The van der Waals surface area contributed by atoms with E-state index in [1.54, 1.807) is 4.90 Å². The second-order valence-corrected chi connectivity index (χ2v) is 6.68. The molecular weight excluding hydrogens is 309 g/mol. The maximum atomic E-state index is 12.8. The zero-order valence-corrected chi connectivity index (χ0v) is 13.4. The van der Waals surface area contributed by atoms with E-state index in [1.807, 2.05) is 20.8 Å². The molecule has 1 amide bonds. The van der Waals surface area contributed by atoms with Crippen LogP contribution in [0.25, 0.3) is 0 Å². The number of carbonyl (C=O) groups excluding carboxylic acids is 1. The van der Waals surface area contributed by atoms with Crippen LogP contribution >= 0.6 is 0 Å². The van der Waals surface area contributed by atoms with E-state index in [0.717, 1.165) is 25.1 Å². The number of rotatable bonds is 2. The van der Waals surface area contributed by atoms with Gasteiger partial charge in [-0.1, -0.05) is 0 Å². The lowest BCUT2D eigenvalue weighted by Gasteiger charge is -2.36. The van der Waals surface area contributed by atoms with Gasteiger partial charge in [-0.25, -0.2) is 9.97 Å². The summed E-state index contributed by atoms with van der Waals surface area (Å²) in [5.41, 5.74) is -1.41. The Morgan fingerprint density at radius 3 is 2.61 bits per heavy atom. The molecule has 0 aromatic carbocycles. The van der Waals surface area contributed by atoms with Gasteiger partial charge in [0, 0.05) is 18.3 Å². The van der Waals surface area contributed by atoms with Crippen LogP contribution < -0.4 is 10.2 Å². The van der Waals surface area contributed by atoms with Gasteiger partial charge < -0.3 is 10.2 Å². The summed E-state index contributed by atoms with van der Waals surface area (Å²) < 4.78 is 38.5. The Hall–Kier alpha value is -1.86. The summed E-state index contributed by atoms with van der Waals surface area (Å²) in [4.78, 5) is 21.6.